The van der Waals surface area contributed by atoms with Crippen molar-refractivity contribution < 1.29 is 9.18 Å². The Hall–Kier alpha value is -0.120. The van der Waals surface area contributed by atoms with Gasteiger partial charge in [0.25, 0.3) is 0 Å². The molecule has 1 saturated heterocycles. The number of nitrogens with zero attached hydrogens (tertiary/aromatic N) is 1. The Kier molecular flexibility index (Phi) is 1.95. The second kappa shape index (κ2) is 2.69. The van der Waals surface area contributed by atoms with Gasteiger partial charge in [0.2, 0.25) is 5.91 Å². The predicted molar refractivity (Wildman–Crippen MR) is 51.6 cm³/mol. The van der Waals surface area contributed by atoms with Crippen LogP contribution >= 0.6 is 15.9 Å². The van der Waals surface area contributed by atoms with Crippen LogP contribution in [0, 0.1) is 0 Å². The van der Waals surface area contributed by atoms with Crippen LogP contribution in [0.25, 0.3) is 0 Å². The molecule has 4 heteroatoms. The van der Waals surface area contributed by atoms with Gasteiger partial charge < -0.3 is 4.90 Å². The standard InChI is InChI=1S/C9H13BrFNO/c1-8(11)5-12(6-8)7(13)9(10)3-2-4-9/h2-6H2,1H3. The van der Waals surface area contributed by atoms with Crippen molar-refractivity contribution in [3.8, 4) is 0 Å². The van der Waals surface area contributed by atoms with E-state index in [4.69, 9.17) is 0 Å². The van der Waals surface area contributed by atoms with Crippen molar-refractivity contribution in [1.82, 2.24) is 4.90 Å². The van der Waals surface area contributed by atoms with E-state index in [1.807, 2.05) is 0 Å². The quantitative estimate of drug-likeness (QED) is 0.650. The Balaban J connectivity index is 1.93. The van der Waals surface area contributed by atoms with E-state index in [1.165, 1.54) is 0 Å². The lowest BCUT2D eigenvalue weighted by Crippen LogP contribution is -2.64. The molecular weight excluding hydrogens is 237 g/mol. The van der Waals surface area contributed by atoms with E-state index >= 15 is 0 Å². The number of hydrogen-bond donors (Lipinski definition) is 0. The molecule has 0 N–H and O–H groups in total. The number of amides is 1. The Morgan fingerprint density at radius 3 is 2.31 bits per heavy atom. The van der Waals surface area contributed by atoms with Gasteiger partial charge in [-0.1, -0.05) is 15.9 Å². The zero-order valence-electron chi connectivity index (χ0n) is 7.65. The fourth-order valence-electron chi connectivity index (χ4n) is 1.88. The maximum absolute atomic E-state index is 13.1. The molecule has 2 fully saturated rings. The van der Waals surface area contributed by atoms with Crippen LogP contribution in [-0.4, -0.2) is 33.9 Å². The van der Waals surface area contributed by atoms with Crippen LogP contribution in [0.2, 0.25) is 0 Å². The summed E-state index contributed by atoms with van der Waals surface area (Å²) in [6.45, 7) is 2.07. The first-order chi connectivity index (χ1) is 5.93. The fraction of sp³-hybridized carbons (Fsp3) is 0.889. The summed E-state index contributed by atoms with van der Waals surface area (Å²) < 4.78 is 12.8. The monoisotopic (exact) mass is 249 g/mol. The molecule has 2 rings (SSSR count). The molecule has 1 heterocycles. The molecule has 0 aromatic heterocycles. The van der Waals surface area contributed by atoms with E-state index in [9.17, 15) is 9.18 Å². The summed E-state index contributed by atoms with van der Waals surface area (Å²) in [5.74, 6) is 0.0777. The second-order valence-electron chi connectivity index (χ2n) is 4.39. The van der Waals surface area contributed by atoms with Crippen LogP contribution in [0.5, 0.6) is 0 Å². The van der Waals surface area contributed by atoms with E-state index in [0.717, 1.165) is 19.3 Å². The largest absolute Gasteiger partial charge is 0.335 e. The Morgan fingerprint density at radius 2 is 2.00 bits per heavy atom. The zero-order valence-corrected chi connectivity index (χ0v) is 9.23. The van der Waals surface area contributed by atoms with Crippen LogP contribution in [-0.2, 0) is 4.79 Å². The molecule has 74 valence electrons. The van der Waals surface area contributed by atoms with Crippen LogP contribution < -0.4 is 0 Å². The Morgan fingerprint density at radius 1 is 1.46 bits per heavy atom. The molecule has 0 aromatic carbocycles. The molecule has 1 aliphatic heterocycles. The highest BCUT2D eigenvalue weighted by atomic mass is 79.9. The molecule has 0 radical (unpaired) electrons. The number of carbonyl (C=O) groups excluding carboxylic acids is 1. The highest BCUT2D eigenvalue weighted by molar-refractivity contribution is 9.10. The van der Waals surface area contributed by atoms with Gasteiger partial charge in [0.05, 0.1) is 13.1 Å². The lowest BCUT2D eigenvalue weighted by Gasteiger charge is -2.47. The van der Waals surface area contributed by atoms with Gasteiger partial charge in [-0.3, -0.25) is 4.79 Å². The van der Waals surface area contributed by atoms with Gasteiger partial charge >= 0.3 is 0 Å². The van der Waals surface area contributed by atoms with E-state index in [0.29, 0.717) is 0 Å². The third-order valence-electron chi connectivity index (χ3n) is 2.86. The summed E-state index contributed by atoms with van der Waals surface area (Å²) in [7, 11) is 0. The van der Waals surface area contributed by atoms with Crippen LogP contribution in [0.4, 0.5) is 4.39 Å². The van der Waals surface area contributed by atoms with E-state index < -0.39 is 5.67 Å². The molecule has 0 atom stereocenters. The maximum Gasteiger partial charge on any atom is 0.239 e. The third kappa shape index (κ3) is 1.49. The summed E-state index contributed by atoms with van der Waals surface area (Å²) >= 11 is 3.43. The summed E-state index contributed by atoms with van der Waals surface area (Å²) in [5.41, 5.74) is -1.15. The smallest absolute Gasteiger partial charge is 0.239 e. The van der Waals surface area contributed by atoms with Crippen molar-refractivity contribution in [3.63, 3.8) is 0 Å². The Bertz CT molecular complexity index is 242. The number of likely N-dealkylation sites (tertiary alicyclic amines) is 1. The molecule has 13 heavy (non-hydrogen) atoms. The molecule has 1 aliphatic carbocycles. The predicted octanol–water partition coefficient (Wildman–Crippen LogP) is 1.87. The van der Waals surface area contributed by atoms with Gasteiger partial charge in [0.1, 0.15) is 9.99 Å². The van der Waals surface area contributed by atoms with Crippen molar-refractivity contribution in [2.75, 3.05) is 13.1 Å². The normalized spacial score (nSPS) is 29.0. The van der Waals surface area contributed by atoms with E-state index in [-0.39, 0.29) is 23.3 Å². The molecule has 2 aliphatic rings. The van der Waals surface area contributed by atoms with Crippen LogP contribution in [0.15, 0.2) is 0 Å². The first-order valence-electron chi connectivity index (χ1n) is 4.60. The van der Waals surface area contributed by atoms with Crippen LogP contribution in [0.1, 0.15) is 26.2 Å². The number of alkyl halides is 2. The summed E-state index contributed by atoms with van der Waals surface area (Å²) in [4.78, 5) is 13.3. The van der Waals surface area contributed by atoms with Crippen molar-refractivity contribution >= 4 is 21.8 Å². The second-order valence-corrected chi connectivity index (χ2v) is 5.91. The third-order valence-corrected chi connectivity index (χ3v) is 3.99. The van der Waals surface area contributed by atoms with Gasteiger partial charge in [0, 0.05) is 0 Å². The lowest BCUT2D eigenvalue weighted by atomic mass is 9.82. The van der Waals surface area contributed by atoms with E-state index in [2.05, 4.69) is 15.9 Å². The number of rotatable bonds is 1. The summed E-state index contributed by atoms with van der Waals surface area (Å²) in [6, 6.07) is 0. The van der Waals surface area contributed by atoms with Gasteiger partial charge in [0.15, 0.2) is 0 Å². The Labute approximate surface area is 85.6 Å². The highest BCUT2D eigenvalue weighted by Crippen LogP contribution is 2.43. The SMILES string of the molecule is CC1(F)CN(C(=O)C2(Br)CCC2)C1. The first-order valence-corrected chi connectivity index (χ1v) is 5.40. The minimum absolute atomic E-state index is 0.0777. The van der Waals surface area contributed by atoms with Gasteiger partial charge in [-0.05, 0) is 26.2 Å². The van der Waals surface area contributed by atoms with E-state index in [1.54, 1.807) is 11.8 Å². The van der Waals surface area contributed by atoms with Gasteiger partial charge in [-0.15, -0.1) is 0 Å². The average Bonchev–Trinajstić information content (AvgIpc) is 1.94. The van der Waals surface area contributed by atoms with Crippen LogP contribution in [0.3, 0.4) is 0 Å². The minimum Gasteiger partial charge on any atom is -0.335 e. The first kappa shape index (κ1) is 9.44. The molecule has 0 spiro atoms. The molecule has 1 saturated carbocycles. The summed E-state index contributed by atoms with van der Waals surface area (Å²) in [5, 5.41) is 0. The molecule has 1 amide bonds. The topological polar surface area (TPSA) is 20.3 Å². The van der Waals surface area contributed by atoms with Crippen molar-refractivity contribution in [3.05, 3.63) is 0 Å². The average molecular weight is 250 g/mol. The molecule has 0 unspecified atom stereocenters. The van der Waals surface area contributed by atoms with Gasteiger partial charge in [-0.2, -0.15) is 0 Å². The molecule has 0 aromatic rings. The van der Waals surface area contributed by atoms with Crippen molar-refractivity contribution in [1.29, 1.82) is 0 Å². The summed E-state index contributed by atoms with van der Waals surface area (Å²) in [6.07, 6.45) is 2.88. The molecule has 2 nitrogen and oxygen atoms in total. The lowest BCUT2D eigenvalue weighted by molar-refractivity contribution is -0.148. The minimum atomic E-state index is -1.15. The van der Waals surface area contributed by atoms with Gasteiger partial charge in [-0.25, -0.2) is 4.39 Å². The maximum atomic E-state index is 13.1. The van der Waals surface area contributed by atoms with Crippen molar-refractivity contribution in [2.24, 2.45) is 0 Å². The van der Waals surface area contributed by atoms with Crippen molar-refractivity contribution in [2.45, 2.75) is 36.2 Å². The number of halogens is 2. The molecule has 0 bridgehead atoms. The number of hydrogen-bond acceptors (Lipinski definition) is 1. The molecular formula is C9H13BrFNO. The zero-order chi connectivity index (χ0) is 9.69. The number of carbonyl (C=O) groups is 1. The fourth-order valence-corrected chi connectivity index (χ4v) is 2.69. The highest BCUT2D eigenvalue weighted by Gasteiger charge is 2.50.